The Hall–Kier alpha value is -0.840. The van der Waals surface area contributed by atoms with E-state index in [2.05, 4.69) is 40.7 Å². The van der Waals surface area contributed by atoms with E-state index in [1.807, 2.05) is 6.26 Å². The third kappa shape index (κ3) is 2.34. The second-order valence-electron chi connectivity index (χ2n) is 12.5. The average Bonchev–Trinajstić information content (AvgIpc) is 3.31. The summed E-state index contributed by atoms with van der Waals surface area (Å²) in [6, 6.07) is 2.11. The lowest BCUT2D eigenvalue weighted by molar-refractivity contribution is -0.289. The zero-order valence-electron chi connectivity index (χ0n) is 19.3. The van der Waals surface area contributed by atoms with Crippen LogP contribution in [0.15, 0.2) is 23.0 Å². The molecular formula is C26H40O4. The number of aliphatic hydroxyl groups excluding tert-OH is 3. The third-order valence-corrected chi connectivity index (χ3v) is 11.2. The first-order valence-corrected chi connectivity index (χ1v) is 12.1. The van der Waals surface area contributed by atoms with Crippen molar-refractivity contribution in [3.05, 3.63) is 24.2 Å². The van der Waals surface area contributed by atoms with Crippen LogP contribution in [-0.4, -0.2) is 33.6 Å². The molecule has 30 heavy (non-hydrogen) atoms. The molecule has 0 spiro atoms. The molecule has 0 amide bonds. The first kappa shape index (κ1) is 21.0. The second-order valence-corrected chi connectivity index (χ2v) is 12.5. The molecule has 4 aliphatic carbocycles. The Labute approximate surface area is 181 Å². The Morgan fingerprint density at radius 3 is 2.20 bits per heavy atom. The molecule has 0 saturated heterocycles. The highest BCUT2D eigenvalue weighted by Gasteiger charge is 2.72. The average molecular weight is 417 g/mol. The summed E-state index contributed by atoms with van der Waals surface area (Å²) in [7, 11) is 0. The fourth-order valence-corrected chi connectivity index (χ4v) is 9.89. The van der Waals surface area contributed by atoms with Crippen LogP contribution >= 0.6 is 0 Å². The van der Waals surface area contributed by atoms with Crippen molar-refractivity contribution >= 4 is 0 Å². The topological polar surface area (TPSA) is 73.8 Å². The summed E-state index contributed by atoms with van der Waals surface area (Å²) in [6.45, 7) is 11.2. The highest BCUT2D eigenvalue weighted by atomic mass is 16.3. The molecule has 4 heteroatoms. The van der Waals surface area contributed by atoms with Gasteiger partial charge in [-0.1, -0.05) is 34.6 Å². The van der Waals surface area contributed by atoms with Crippen LogP contribution in [0.3, 0.4) is 0 Å². The van der Waals surface area contributed by atoms with Gasteiger partial charge in [-0.15, -0.1) is 0 Å². The minimum atomic E-state index is -0.795. The van der Waals surface area contributed by atoms with E-state index in [4.69, 9.17) is 4.42 Å². The van der Waals surface area contributed by atoms with Gasteiger partial charge in [-0.25, -0.2) is 0 Å². The van der Waals surface area contributed by atoms with Crippen molar-refractivity contribution in [2.45, 2.75) is 97.4 Å². The molecule has 0 bridgehead atoms. The Balaban J connectivity index is 1.59. The maximum absolute atomic E-state index is 11.7. The largest absolute Gasteiger partial charge is 0.472 e. The summed E-state index contributed by atoms with van der Waals surface area (Å²) in [5, 5.41) is 34.1. The molecule has 4 nitrogen and oxygen atoms in total. The van der Waals surface area contributed by atoms with Gasteiger partial charge in [0.15, 0.2) is 0 Å². The van der Waals surface area contributed by atoms with Crippen LogP contribution in [0.2, 0.25) is 0 Å². The molecule has 0 aromatic carbocycles. The van der Waals surface area contributed by atoms with Gasteiger partial charge in [-0.05, 0) is 84.2 Å². The molecule has 168 valence electrons. The normalized spacial score (nSPS) is 54.9. The molecule has 5 rings (SSSR count). The van der Waals surface area contributed by atoms with E-state index in [1.165, 1.54) is 5.56 Å². The van der Waals surface area contributed by atoms with Crippen LogP contribution in [-0.2, 0) is 0 Å². The van der Waals surface area contributed by atoms with Gasteiger partial charge in [0, 0.05) is 11.3 Å². The first-order valence-electron chi connectivity index (χ1n) is 12.1. The maximum Gasteiger partial charge on any atom is 0.0937 e. The minimum absolute atomic E-state index is 0.0643. The fourth-order valence-electron chi connectivity index (χ4n) is 9.89. The molecule has 1 heterocycles. The fraction of sp³-hybridized carbons (Fsp3) is 0.846. The van der Waals surface area contributed by atoms with Crippen LogP contribution in [0.25, 0.3) is 0 Å². The van der Waals surface area contributed by atoms with Gasteiger partial charge in [-0.2, -0.15) is 0 Å². The summed E-state index contributed by atoms with van der Waals surface area (Å²) in [6.07, 6.45) is 7.88. The molecular weight excluding hydrogens is 376 g/mol. The van der Waals surface area contributed by atoms with Gasteiger partial charge < -0.3 is 19.7 Å². The van der Waals surface area contributed by atoms with E-state index < -0.39 is 23.7 Å². The Morgan fingerprint density at radius 2 is 1.53 bits per heavy atom. The number of fused-ring (bicyclic) bond motifs is 5. The van der Waals surface area contributed by atoms with Crippen LogP contribution in [0.5, 0.6) is 0 Å². The first-order chi connectivity index (χ1) is 14.0. The number of hydrogen-bond donors (Lipinski definition) is 3. The summed E-state index contributed by atoms with van der Waals surface area (Å²) < 4.78 is 5.43. The van der Waals surface area contributed by atoms with E-state index in [0.717, 1.165) is 38.5 Å². The molecule has 4 fully saturated rings. The lowest BCUT2D eigenvalue weighted by Gasteiger charge is -2.70. The molecule has 10 atom stereocenters. The second kappa shape index (κ2) is 6.36. The monoisotopic (exact) mass is 416 g/mol. The van der Waals surface area contributed by atoms with E-state index in [1.54, 1.807) is 6.26 Å². The van der Waals surface area contributed by atoms with Crippen LogP contribution in [0, 0.1) is 39.4 Å². The molecule has 1 aromatic heterocycles. The number of aliphatic hydroxyl groups is 3. The van der Waals surface area contributed by atoms with Crippen LogP contribution in [0.1, 0.15) is 84.6 Å². The third-order valence-electron chi connectivity index (χ3n) is 11.2. The van der Waals surface area contributed by atoms with Crippen molar-refractivity contribution in [2.24, 2.45) is 39.4 Å². The summed E-state index contributed by atoms with van der Waals surface area (Å²) in [4.78, 5) is 0. The Morgan fingerprint density at radius 1 is 0.867 bits per heavy atom. The highest BCUT2D eigenvalue weighted by Crippen LogP contribution is 2.74. The summed E-state index contributed by atoms with van der Waals surface area (Å²) >= 11 is 0. The molecule has 1 aromatic rings. The predicted molar refractivity (Wildman–Crippen MR) is 116 cm³/mol. The zero-order valence-corrected chi connectivity index (χ0v) is 19.3. The molecule has 1 unspecified atom stereocenters. The molecule has 4 aliphatic rings. The van der Waals surface area contributed by atoms with Gasteiger partial charge in [-0.3, -0.25) is 0 Å². The minimum Gasteiger partial charge on any atom is -0.472 e. The number of furan rings is 1. The van der Waals surface area contributed by atoms with Crippen LogP contribution < -0.4 is 0 Å². The summed E-state index contributed by atoms with van der Waals surface area (Å²) in [5.74, 6) is 1.11. The van der Waals surface area contributed by atoms with Crippen molar-refractivity contribution in [3.63, 3.8) is 0 Å². The lowest BCUT2D eigenvalue weighted by Crippen LogP contribution is -2.72. The molecule has 0 radical (unpaired) electrons. The van der Waals surface area contributed by atoms with Gasteiger partial charge >= 0.3 is 0 Å². The Kier molecular flexibility index (Phi) is 4.46. The molecule has 3 N–H and O–H groups in total. The highest BCUT2D eigenvalue weighted by molar-refractivity contribution is 5.26. The van der Waals surface area contributed by atoms with E-state index in [9.17, 15) is 15.3 Å². The van der Waals surface area contributed by atoms with Gasteiger partial charge in [0.1, 0.15) is 0 Å². The number of rotatable bonds is 1. The molecule has 4 saturated carbocycles. The zero-order chi connectivity index (χ0) is 21.7. The van der Waals surface area contributed by atoms with E-state index >= 15 is 0 Å². The van der Waals surface area contributed by atoms with E-state index in [-0.39, 0.29) is 22.2 Å². The smallest absolute Gasteiger partial charge is 0.0937 e. The standard InChI is InChI=1S/C26H40O4/c1-23(2)19(27)9-12-25(4)18-8-11-24(3)16(15-10-13-30-14-15)6-7-17(24)26(18,5)22(29)20(28)21(23)25/h10,13-14,16-22,27-29H,6-9,11-12H2,1-5H3/t16-,17+,18+,19?,20+,21-,22+,24-,25+,26-/m0/s1. The van der Waals surface area contributed by atoms with Gasteiger partial charge in [0.05, 0.1) is 30.8 Å². The van der Waals surface area contributed by atoms with Crippen molar-refractivity contribution in [1.82, 2.24) is 0 Å². The van der Waals surface area contributed by atoms with Crippen LogP contribution in [0.4, 0.5) is 0 Å². The van der Waals surface area contributed by atoms with Crippen molar-refractivity contribution < 1.29 is 19.7 Å². The van der Waals surface area contributed by atoms with E-state index in [0.29, 0.717) is 17.8 Å². The lowest BCUT2D eigenvalue weighted by atomic mass is 9.35. The predicted octanol–water partition coefficient (Wildman–Crippen LogP) is 4.73. The van der Waals surface area contributed by atoms with Crippen molar-refractivity contribution in [2.75, 3.05) is 0 Å². The van der Waals surface area contributed by atoms with Crippen molar-refractivity contribution in [3.8, 4) is 0 Å². The number of hydrogen-bond acceptors (Lipinski definition) is 4. The summed E-state index contributed by atoms with van der Waals surface area (Å²) in [5.41, 5.74) is 0.631. The SMILES string of the molecule is CC1(C)C(O)CC[C@]2(C)[C@H]3CC[C@]4(C)[C@@H](CC[C@H]4c4ccoc4)[C@]3(C)[C@H](O)[C@H](O)[C@@H]12. The van der Waals surface area contributed by atoms with Gasteiger partial charge in [0.25, 0.3) is 0 Å². The maximum atomic E-state index is 11.7. The Bertz CT molecular complexity index is 802. The molecule has 0 aliphatic heterocycles. The van der Waals surface area contributed by atoms with Gasteiger partial charge in [0.2, 0.25) is 0 Å². The van der Waals surface area contributed by atoms with Crippen molar-refractivity contribution in [1.29, 1.82) is 0 Å². The quantitative estimate of drug-likeness (QED) is 0.618.